The molecule has 0 saturated carbocycles. The van der Waals surface area contributed by atoms with Gasteiger partial charge in [0.2, 0.25) is 0 Å². The molecule has 0 bridgehead atoms. The number of hydrogen-bond acceptors (Lipinski definition) is 4. The maximum absolute atomic E-state index is 14.5. The molecule has 1 aliphatic rings. The summed E-state index contributed by atoms with van der Waals surface area (Å²) in [5, 5.41) is 3.00. The molecule has 0 aliphatic carbocycles. The van der Waals surface area contributed by atoms with E-state index in [0.717, 1.165) is 28.2 Å². The van der Waals surface area contributed by atoms with E-state index in [9.17, 15) is 18.4 Å². The smallest absolute Gasteiger partial charge is 0.282 e. The van der Waals surface area contributed by atoms with E-state index in [4.69, 9.17) is 4.74 Å². The molecule has 2 amide bonds. The predicted molar refractivity (Wildman–Crippen MR) is 118 cm³/mol. The second kappa shape index (κ2) is 8.26. The molecule has 1 heterocycles. The number of imide groups is 1. The van der Waals surface area contributed by atoms with Crippen LogP contribution in [0.2, 0.25) is 0 Å². The van der Waals surface area contributed by atoms with Crippen molar-refractivity contribution < 1.29 is 23.1 Å². The van der Waals surface area contributed by atoms with Crippen LogP contribution in [0.15, 0.2) is 66.4 Å². The summed E-state index contributed by atoms with van der Waals surface area (Å²) in [5.74, 6) is -2.60. The van der Waals surface area contributed by atoms with Gasteiger partial charge in [0.15, 0.2) is 0 Å². The summed E-state index contributed by atoms with van der Waals surface area (Å²) in [6, 6.07) is 14.9. The molecule has 3 aromatic carbocycles. The standard InChI is InChI=1S/C25H20F2N2O3/c1-14-4-5-16(12-15(14)2)22-23(28-18-7-9-19(32-3)10-8-18)25(31)29(24(22)30)21-11-6-17(26)13-20(21)27/h4-13,28H,1-3H3. The molecule has 0 saturated heterocycles. The molecule has 1 aliphatic heterocycles. The summed E-state index contributed by atoms with van der Waals surface area (Å²) in [4.78, 5) is 27.4. The second-order valence-electron chi connectivity index (χ2n) is 7.44. The largest absolute Gasteiger partial charge is 0.497 e. The average Bonchev–Trinajstić information content (AvgIpc) is 3.00. The molecule has 0 unspecified atom stereocenters. The van der Waals surface area contributed by atoms with E-state index in [-0.39, 0.29) is 17.0 Å². The molecule has 32 heavy (non-hydrogen) atoms. The van der Waals surface area contributed by atoms with Gasteiger partial charge in [0.05, 0.1) is 18.4 Å². The van der Waals surface area contributed by atoms with Crippen molar-refractivity contribution in [2.24, 2.45) is 0 Å². The third kappa shape index (κ3) is 3.73. The number of amides is 2. The summed E-state index contributed by atoms with van der Waals surface area (Å²) in [6.07, 6.45) is 0. The van der Waals surface area contributed by atoms with Gasteiger partial charge in [-0.2, -0.15) is 0 Å². The van der Waals surface area contributed by atoms with E-state index < -0.39 is 23.4 Å². The number of carbonyl (C=O) groups is 2. The minimum absolute atomic E-state index is 0.00662. The van der Waals surface area contributed by atoms with Crippen LogP contribution in [0.3, 0.4) is 0 Å². The maximum atomic E-state index is 14.5. The van der Waals surface area contributed by atoms with Crippen LogP contribution in [0.4, 0.5) is 20.2 Å². The van der Waals surface area contributed by atoms with Crippen LogP contribution in [0.25, 0.3) is 5.57 Å². The summed E-state index contributed by atoms with van der Waals surface area (Å²) in [6.45, 7) is 3.83. The third-order valence-electron chi connectivity index (χ3n) is 5.39. The molecule has 3 aromatic rings. The molecule has 4 rings (SSSR count). The van der Waals surface area contributed by atoms with Crippen LogP contribution < -0.4 is 15.0 Å². The number of halogens is 2. The lowest BCUT2D eigenvalue weighted by molar-refractivity contribution is -0.120. The normalized spacial score (nSPS) is 13.7. The first kappa shape index (κ1) is 21.2. The zero-order valence-electron chi connectivity index (χ0n) is 17.7. The Bertz CT molecular complexity index is 1270. The number of carbonyl (C=O) groups excluding carboxylic acids is 2. The number of aryl methyl sites for hydroxylation is 2. The van der Waals surface area contributed by atoms with Crippen molar-refractivity contribution in [3.05, 3.63) is 94.7 Å². The minimum Gasteiger partial charge on any atom is -0.497 e. The molecule has 0 spiro atoms. The van der Waals surface area contributed by atoms with Crippen LogP contribution in [-0.2, 0) is 9.59 Å². The highest BCUT2D eigenvalue weighted by Crippen LogP contribution is 2.35. The fourth-order valence-corrected chi connectivity index (χ4v) is 3.51. The van der Waals surface area contributed by atoms with Gasteiger partial charge in [-0.3, -0.25) is 9.59 Å². The van der Waals surface area contributed by atoms with E-state index >= 15 is 0 Å². The van der Waals surface area contributed by atoms with Gasteiger partial charge < -0.3 is 10.1 Å². The molecule has 1 N–H and O–H groups in total. The van der Waals surface area contributed by atoms with Crippen LogP contribution in [0, 0.1) is 25.5 Å². The van der Waals surface area contributed by atoms with Crippen LogP contribution in [0.5, 0.6) is 5.75 Å². The fourth-order valence-electron chi connectivity index (χ4n) is 3.51. The number of methoxy groups -OCH3 is 1. The predicted octanol–water partition coefficient (Wildman–Crippen LogP) is 4.99. The average molecular weight is 434 g/mol. The van der Waals surface area contributed by atoms with Gasteiger partial charge in [-0.1, -0.05) is 18.2 Å². The Hall–Kier alpha value is -4.00. The van der Waals surface area contributed by atoms with Crippen molar-refractivity contribution in [3.63, 3.8) is 0 Å². The van der Waals surface area contributed by atoms with Gasteiger partial charge in [-0.05, 0) is 66.9 Å². The molecule has 0 fully saturated rings. The molecule has 0 radical (unpaired) electrons. The van der Waals surface area contributed by atoms with Gasteiger partial charge in [0.25, 0.3) is 11.8 Å². The zero-order valence-corrected chi connectivity index (χ0v) is 17.7. The lowest BCUT2D eigenvalue weighted by Crippen LogP contribution is -2.33. The van der Waals surface area contributed by atoms with E-state index in [1.165, 1.54) is 7.11 Å². The number of anilines is 2. The zero-order chi connectivity index (χ0) is 23.0. The fraction of sp³-hybridized carbons (Fsp3) is 0.120. The van der Waals surface area contributed by atoms with Crippen LogP contribution in [0.1, 0.15) is 16.7 Å². The maximum Gasteiger partial charge on any atom is 0.282 e. The third-order valence-corrected chi connectivity index (χ3v) is 5.39. The number of nitrogens with zero attached hydrogens (tertiary/aromatic N) is 1. The summed E-state index contributed by atoms with van der Waals surface area (Å²) in [5.41, 5.74) is 2.83. The lowest BCUT2D eigenvalue weighted by atomic mass is 9.99. The summed E-state index contributed by atoms with van der Waals surface area (Å²) >= 11 is 0. The Morgan fingerprint density at radius 2 is 1.56 bits per heavy atom. The van der Waals surface area contributed by atoms with E-state index in [0.29, 0.717) is 23.1 Å². The molecule has 0 atom stereocenters. The Morgan fingerprint density at radius 1 is 0.844 bits per heavy atom. The number of ether oxygens (including phenoxy) is 1. The lowest BCUT2D eigenvalue weighted by Gasteiger charge is -2.16. The second-order valence-corrected chi connectivity index (χ2v) is 7.44. The molecule has 5 nitrogen and oxygen atoms in total. The number of benzene rings is 3. The van der Waals surface area contributed by atoms with Gasteiger partial charge >= 0.3 is 0 Å². The van der Waals surface area contributed by atoms with Crippen molar-refractivity contribution in [1.29, 1.82) is 0 Å². The highest BCUT2D eigenvalue weighted by molar-refractivity contribution is 6.46. The first-order valence-corrected chi connectivity index (χ1v) is 9.87. The highest BCUT2D eigenvalue weighted by Gasteiger charge is 2.41. The monoisotopic (exact) mass is 434 g/mol. The van der Waals surface area contributed by atoms with Crippen molar-refractivity contribution in [3.8, 4) is 5.75 Å². The first-order chi connectivity index (χ1) is 15.3. The first-order valence-electron chi connectivity index (χ1n) is 9.87. The summed E-state index contributed by atoms with van der Waals surface area (Å²) in [7, 11) is 1.54. The summed E-state index contributed by atoms with van der Waals surface area (Å²) < 4.78 is 33.1. The van der Waals surface area contributed by atoms with E-state index in [2.05, 4.69) is 5.32 Å². The number of hydrogen-bond donors (Lipinski definition) is 1. The van der Waals surface area contributed by atoms with E-state index in [1.54, 1.807) is 36.4 Å². The number of rotatable bonds is 5. The van der Waals surface area contributed by atoms with Crippen molar-refractivity contribution in [2.75, 3.05) is 17.3 Å². The molecular weight excluding hydrogens is 414 g/mol. The van der Waals surface area contributed by atoms with Gasteiger partial charge in [-0.25, -0.2) is 13.7 Å². The van der Waals surface area contributed by atoms with Crippen LogP contribution in [-0.4, -0.2) is 18.9 Å². The quantitative estimate of drug-likeness (QED) is 0.575. The molecular formula is C25H20F2N2O3. The molecule has 7 heteroatoms. The Kier molecular flexibility index (Phi) is 5.48. The Balaban J connectivity index is 1.83. The SMILES string of the molecule is COc1ccc(NC2=C(c3ccc(C)c(C)c3)C(=O)N(c3ccc(F)cc3F)C2=O)cc1. The molecule has 162 valence electrons. The Labute approximate surface area is 183 Å². The van der Waals surface area contributed by atoms with Gasteiger partial charge in [-0.15, -0.1) is 0 Å². The Morgan fingerprint density at radius 3 is 2.19 bits per heavy atom. The molecule has 0 aromatic heterocycles. The highest BCUT2D eigenvalue weighted by atomic mass is 19.1. The van der Waals surface area contributed by atoms with E-state index in [1.807, 2.05) is 19.9 Å². The van der Waals surface area contributed by atoms with Crippen molar-refractivity contribution in [2.45, 2.75) is 13.8 Å². The number of nitrogens with one attached hydrogen (secondary N) is 1. The van der Waals surface area contributed by atoms with Crippen molar-refractivity contribution in [1.82, 2.24) is 0 Å². The van der Waals surface area contributed by atoms with Crippen molar-refractivity contribution >= 4 is 28.8 Å². The van der Waals surface area contributed by atoms with Crippen LogP contribution >= 0.6 is 0 Å². The topological polar surface area (TPSA) is 58.6 Å². The minimum atomic E-state index is -1.00. The van der Waals surface area contributed by atoms with Gasteiger partial charge in [0.1, 0.15) is 23.1 Å². The van der Waals surface area contributed by atoms with Gasteiger partial charge in [0, 0.05) is 11.8 Å².